The molecular weight excluding hydrogens is 411 g/mol. The molecule has 0 atom stereocenters. The van der Waals surface area contributed by atoms with Crippen LogP contribution < -0.4 is 0 Å². The number of nitrogens with zero attached hydrogens (tertiary/aromatic N) is 1. The predicted octanol–water partition coefficient (Wildman–Crippen LogP) is 6.83. The Bertz CT molecular complexity index is 1140. The van der Waals surface area contributed by atoms with Crippen LogP contribution in [0.25, 0.3) is 10.8 Å². The molecule has 0 amide bonds. The molecule has 32 heavy (non-hydrogen) atoms. The zero-order valence-electron chi connectivity index (χ0n) is 18.1. The van der Waals surface area contributed by atoms with E-state index in [0.717, 1.165) is 49.8 Å². The molecule has 5 heteroatoms. The highest BCUT2D eigenvalue weighted by Crippen LogP contribution is 2.37. The van der Waals surface area contributed by atoms with Gasteiger partial charge in [0, 0.05) is 19.1 Å². The maximum absolute atomic E-state index is 15.2. The van der Waals surface area contributed by atoms with Crippen molar-refractivity contribution in [2.75, 3.05) is 13.7 Å². The fourth-order valence-electron chi connectivity index (χ4n) is 4.86. The van der Waals surface area contributed by atoms with Crippen LogP contribution in [0.2, 0.25) is 0 Å². The van der Waals surface area contributed by atoms with Crippen LogP contribution in [-0.2, 0) is 17.6 Å². The number of fused-ring (bicyclic) bond motifs is 1. The normalized spacial score (nSPS) is 18.6. The second-order valence-corrected chi connectivity index (χ2v) is 8.74. The first kappa shape index (κ1) is 22.4. The van der Waals surface area contributed by atoms with Crippen LogP contribution in [0.3, 0.4) is 0 Å². The second-order valence-electron chi connectivity index (χ2n) is 8.74. The number of methoxy groups -OCH3 is 1. The minimum absolute atomic E-state index is 0.283. The highest BCUT2D eigenvalue weighted by Gasteiger charge is 2.22. The average molecular weight is 438 g/mol. The Balaban J connectivity index is 1.49. The molecular formula is C27H26F3NO. The molecule has 0 heterocycles. The van der Waals surface area contributed by atoms with E-state index in [2.05, 4.69) is 6.07 Å². The fraction of sp³-hybridized carbons (Fsp3) is 0.370. The minimum Gasteiger partial charge on any atom is -0.384 e. The third kappa shape index (κ3) is 4.66. The predicted molar refractivity (Wildman–Crippen MR) is 119 cm³/mol. The number of halogens is 3. The first-order valence-corrected chi connectivity index (χ1v) is 11.1. The van der Waals surface area contributed by atoms with E-state index in [0.29, 0.717) is 34.8 Å². The van der Waals surface area contributed by atoms with Crippen molar-refractivity contribution < 1.29 is 17.9 Å². The van der Waals surface area contributed by atoms with Gasteiger partial charge in [-0.05, 0) is 84.6 Å². The first-order valence-electron chi connectivity index (χ1n) is 11.1. The minimum atomic E-state index is -0.884. The quantitative estimate of drug-likeness (QED) is 0.423. The molecule has 0 unspecified atom stereocenters. The molecule has 0 N–H and O–H groups in total. The van der Waals surface area contributed by atoms with Gasteiger partial charge in [-0.3, -0.25) is 0 Å². The van der Waals surface area contributed by atoms with Crippen molar-refractivity contribution in [3.05, 3.63) is 82.2 Å². The summed E-state index contributed by atoms with van der Waals surface area (Å²) in [4.78, 5) is 0. The van der Waals surface area contributed by atoms with Crippen LogP contribution in [0.4, 0.5) is 13.2 Å². The van der Waals surface area contributed by atoms with Gasteiger partial charge in [0.2, 0.25) is 0 Å². The van der Waals surface area contributed by atoms with Crippen molar-refractivity contribution in [2.45, 2.75) is 44.4 Å². The summed E-state index contributed by atoms with van der Waals surface area (Å²) >= 11 is 0. The van der Waals surface area contributed by atoms with Gasteiger partial charge in [-0.2, -0.15) is 5.26 Å². The van der Waals surface area contributed by atoms with E-state index in [9.17, 15) is 8.78 Å². The summed E-state index contributed by atoms with van der Waals surface area (Å²) in [7, 11) is 1.75. The summed E-state index contributed by atoms with van der Waals surface area (Å²) in [5.41, 5.74) is 1.58. The number of benzene rings is 3. The molecule has 1 aliphatic carbocycles. The third-order valence-electron chi connectivity index (χ3n) is 6.68. The maximum atomic E-state index is 15.2. The van der Waals surface area contributed by atoms with Crippen LogP contribution >= 0.6 is 0 Å². The van der Waals surface area contributed by atoms with Crippen LogP contribution in [0.15, 0.2) is 42.5 Å². The lowest BCUT2D eigenvalue weighted by atomic mass is 9.78. The monoisotopic (exact) mass is 437 g/mol. The van der Waals surface area contributed by atoms with E-state index in [4.69, 9.17) is 10.00 Å². The van der Waals surface area contributed by atoms with Crippen LogP contribution in [-0.4, -0.2) is 13.7 Å². The van der Waals surface area contributed by atoms with Crippen molar-refractivity contribution >= 4 is 10.8 Å². The summed E-state index contributed by atoms with van der Waals surface area (Å²) in [6, 6.07) is 13.5. The Morgan fingerprint density at radius 3 is 2.31 bits per heavy atom. The first-order chi connectivity index (χ1) is 15.5. The van der Waals surface area contributed by atoms with Gasteiger partial charge < -0.3 is 4.74 Å². The second kappa shape index (κ2) is 9.75. The number of rotatable bonds is 6. The van der Waals surface area contributed by atoms with Crippen molar-refractivity contribution in [3.63, 3.8) is 0 Å². The van der Waals surface area contributed by atoms with E-state index in [1.807, 2.05) is 18.2 Å². The van der Waals surface area contributed by atoms with Crippen molar-refractivity contribution in [1.82, 2.24) is 0 Å². The molecule has 2 nitrogen and oxygen atoms in total. The smallest absolute Gasteiger partial charge is 0.144 e. The molecule has 3 aromatic rings. The lowest BCUT2D eigenvalue weighted by molar-refractivity contribution is 0.127. The van der Waals surface area contributed by atoms with E-state index < -0.39 is 17.2 Å². The molecule has 3 aromatic carbocycles. The van der Waals surface area contributed by atoms with Gasteiger partial charge >= 0.3 is 0 Å². The van der Waals surface area contributed by atoms with Crippen molar-refractivity contribution in [2.24, 2.45) is 5.92 Å². The highest BCUT2D eigenvalue weighted by molar-refractivity contribution is 5.84. The van der Waals surface area contributed by atoms with Crippen molar-refractivity contribution in [1.29, 1.82) is 5.26 Å². The van der Waals surface area contributed by atoms with E-state index in [1.54, 1.807) is 13.2 Å². The highest BCUT2D eigenvalue weighted by atomic mass is 19.1. The van der Waals surface area contributed by atoms with E-state index >= 15 is 4.39 Å². The van der Waals surface area contributed by atoms with E-state index in [1.165, 1.54) is 11.6 Å². The molecule has 0 aromatic heterocycles. The summed E-state index contributed by atoms with van der Waals surface area (Å²) in [5.74, 6) is -0.922. The SMILES string of the molecule is COCC1CCC(c2ccc3c(F)c(CCc4cc(F)c(C#N)c(F)c4)ccc3c2)CC1. The molecule has 0 aliphatic heterocycles. The van der Waals surface area contributed by atoms with Crippen LogP contribution in [0, 0.1) is 34.7 Å². The van der Waals surface area contributed by atoms with Crippen LogP contribution in [0.1, 0.15) is 53.9 Å². The van der Waals surface area contributed by atoms with Gasteiger partial charge in [0.05, 0.1) is 0 Å². The summed E-state index contributed by atoms with van der Waals surface area (Å²) in [5, 5.41) is 10.2. The molecule has 1 saturated carbocycles. The topological polar surface area (TPSA) is 33.0 Å². The molecule has 0 bridgehead atoms. The number of hydrogen-bond acceptors (Lipinski definition) is 2. The molecule has 1 fully saturated rings. The fourth-order valence-corrected chi connectivity index (χ4v) is 4.86. The largest absolute Gasteiger partial charge is 0.384 e. The Labute approximate surface area is 186 Å². The molecule has 0 saturated heterocycles. The van der Waals surface area contributed by atoms with Gasteiger partial charge in [0.25, 0.3) is 0 Å². The number of aryl methyl sites for hydroxylation is 2. The van der Waals surface area contributed by atoms with Gasteiger partial charge in [-0.15, -0.1) is 0 Å². The summed E-state index contributed by atoms with van der Waals surface area (Å²) < 4.78 is 48.1. The van der Waals surface area contributed by atoms with Gasteiger partial charge in [0.1, 0.15) is 29.1 Å². The summed E-state index contributed by atoms with van der Waals surface area (Å²) in [6.45, 7) is 0.820. The zero-order valence-corrected chi connectivity index (χ0v) is 18.1. The van der Waals surface area contributed by atoms with Crippen LogP contribution in [0.5, 0.6) is 0 Å². The Kier molecular flexibility index (Phi) is 6.81. The Hall–Kier alpha value is -2.84. The molecule has 166 valence electrons. The lowest BCUT2D eigenvalue weighted by Crippen LogP contribution is -2.17. The average Bonchev–Trinajstić information content (AvgIpc) is 2.79. The number of ether oxygens (including phenoxy) is 1. The summed E-state index contributed by atoms with van der Waals surface area (Å²) in [6.07, 6.45) is 5.15. The Morgan fingerprint density at radius 1 is 0.938 bits per heavy atom. The standard InChI is InChI=1S/C27H26F3NO/c1-32-16-17-2-5-19(6-3-17)21-10-11-23-22(14-21)9-8-20(27(23)30)7-4-18-12-25(28)24(15-31)26(29)13-18/h8-14,17,19H,2-7,16H2,1H3. The van der Waals surface area contributed by atoms with Gasteiger partial charge in [0.15, 0.2) is 0 Å². The Morgan fingerprint density at radius 2 is 1.66 bits per heavy atom. The molecule has 1 aliphatic rings. The third-order valence-corrected chi connectivity index (χ3v) is 6.68. The molecule has 0 radical (unpaired) electrons. The number of nitriles is 1. The van der Waals surface area contributed by atoms with E-state index in [-0.39, 0.29) is 12.2 Å². The van der Waals surface area contributed by atoms with Gasteiger partial charge in [-0.25, -0.2) is 13.2 Å². The van der Waals surface area contributed by atoms with Crippen molar-refractivity contribution in [3.8, 4) is 6.07 Å². The zero-order chi connectivity index (χ0) is 22.7. The number of hydrogen-bond donors (Lipinski definition) is 0. The maximum Gasteiger partial charge on any atom is 0.144 e. The lowest BCUT2D eigenvalue weighted by Gasteiger charge is -2.28. The molecule has 0 spiro atoms. The molecule has 4 rings (SSSR count). The van der Waals surface area contributed by atoms with Gasteiger partial charge in [-0.1, -0.05) is 30.3 Å².